The minimum absolute atomic E-state index is 0.586. The molecule has 0 amide bonds. The largest absolute Gasteiger partial charge is 0.204 e. The summed E-state index contributed by atoms with van der Waals surface area (Å²) in [5.41, 5.74) is 1.74. The van der Waals surface area contributed by atoms with E-state index >= 15 is 0 Å². The normalized spacial score (nSPS) is 37.0. The third kappa shape index (κ3) is 5.25. The van der Waals surface area contributed by atoms with E-state index in [4.69, 9.17) is 0 Å². The van der Waals surface area contributed by atoms with E-state index in [0.29, 0.717) is 11.5 Å². The van der Waals surface area contributed by atoms with Crippen LogP contribution in [0.15, 0.2) is 24.3 Å². The van der Waals surface area contributed by atoms with Crippen LogP contribution in [-0.4, -0.2) is 0 Å². The van der Waals surface area contributed by atoms with Crippen LogP contribution in [0.4, 0.5) is 8.78 Å². The van der Waals surface area contributed by atoms with Crippen molar-refractivity contribution < 1.29 is 8.78 Å². The van der Waals surface area contributed by atoms with Crippen LogP contribution in [0.1, 0.15) is 102 Å². The van der Waals surface area contributed by atoms with E-state index in [1.54, 1.807) is 0 Å². The monoisotopic (exact) mass is 454 g/mol. The topological polar surface area (TPSA) is 0 Å². The first-order chi connectivity index (χ1) is 16.1. The molecule has 4 aliphatic rings. The van der Waals surface area contributed by atoms with Crippen LogP contribution >= 0.6 is 0 Å². The van der Waals surface area contributed by atoms with Gasteiger partial charge in [-0.15, -0.1) is 0 Å². The van der Waals surface area contributed by atoms with Gasteiger partial charge in [-0.2, -0.15) is 0 Å². The molecule has 0 spiro atoms. The number of allylic oxidation sites excluding steroid dienone is 2. The van der Waals surface area contributed by atoms with E-state index < -0.39 is 11.6 Å². The van der Waals surface area contributed by atoms with Gasteiger partial charge in [0.1, 0.15) is 0 Å². The average molecular weight is 455 g/mol. The predicted octanol–water partition coefficient (Wildman–Crippen LogP) is 9.07. The van der Waals surface area contributed by atoms with Gasteiger partial charge in [0.15, 0.2) is 11.6 Å². The van der Waals surface area contributed by atoms with Gasteiger partial charge in [0.2, 0.25) is 0 Å². The Hall–Kier alpha value is -1.18. The van der Waals surface area contributed by atoms with Crippen LogP contribution in [0.5, 0.6) is 0 Å². The highest BCUT2D eigenvalue weighted by molar-refractivity contribution is 5.32. The van der Waals surface area contributed by atoms with Crippen LogP contribution in [0.25, 0.3) is 0 Å². The number of hydrogen-bond acceptors (Lipinski definition) is 0. The molecule has 33 heavy (non-hydrogen) atoms. The van der Waals surface area contributed by atoms with Gasteiger partial charge in [0.25, 0.3) is 0 Å². The van der Waals surface area contributed by atoms with Crippen molar-refractivity contribution in [2.24, 2.45) is 41.4 Å². The van der Waals surface area contributed by atoms with Crippen molar-refractivity contribution >= 4 is 0 Å². The second kappa shape index (κ2) is 10.6. The van der Waals surface area contributed by atoms with Crippen molar-refractivity contribution in [1.82, 2.24) is 0 Å². The van der Waals surface area contributed by atoms with Crippen molar-refractivity contribution in [2.45, 2.75) is 103 Å². The maximum atomic E-state index is 14.1. The molecule has 3 fully saturated rings. The second-order valence-corrected chi connectivity index (χ2v) is 12.1. The van der Waals surface area contributed by atoms with Gasteiger partial charge in [-0.3, -0.25) is 0 Å². The summed E-state index contributed by atoms with van der Waals surface area (Å²) in [6.45, 7) is 2.14. The Morgan fingerprint density at radius 3 is 2.15 bits per heavy atom. The van der Waals surface area contributed by atoms with E-state index in [1.165, 1.54) is 83.1 Å². The molecule has 0 nitrogen and oxygen atoms in total. The molecule has 0 N–H and O–H groups in total. The lowest BCUT2D eigenvalue weighted by atomic mass is 9.60. The minimum atomic E-state index is -0.676. The Bertz CT molecular complexity index is 818. The molecule has 5 rings (SSSR count). The van der Waals surface area contributed by atoms with Gasteiger partial charge in [0, 0.05) is 0 Å². The molecule has 0 aromatic heterocycles. The summed E-state index contributed by atoms with van der Waals surface area (Å²) in [4.78, 5) is 0. The van der Waals surface area contributed by atoms with Gasteiger partial charge in [0.05, 0.1) is 0 Å². The summed E-state index contributed by atoms with van der Waals surface area (Å²) in [5.74, 6) is 5.18. The Kier molecular flexibility index (Phi) is 7.57. The Morgan fingerprint density at radius 1 is 0.758 bits per heavy atom. The zero-order valence-corrected chi connectivity index (χ0v) is 20.7. The summed E-state index contributed by atoms with van der Waals surface area (Å²) in [6, 6.07) is 3.18. The van der Waals surface area contributed by atoms with E-state index in [9.17, 15) is 8.78 Å². The summed E-state index contributed by atoms with van der Waals surface area (Å²) < 4.78 is 27.7. The standard InChI is InChI=1S/C31H44F2/c1-2-3-4-5-21-6-7-27-19-25(13-12-24(27)18-21)22-8-10-23(11-9-22)26-14-16-29-28(20-26)15-17-30(32)31(29)33/h2-3,15,17,21-27H,4-14,16,18-20H2,1H3/b3-2+. The predicted molar refractivity (Wildman–Crippen MR) is 133 cm³/mol. The smallest absolute Gasteiger partial charge is 0.162 e. The van der Waals surface area contributed by atoms with Crippen LogP contribution in [0, 0.1) is 53.1 Å². The van der Waals surface area contributed by atoms with Crippen LogP contribution < -0.4 is 0 Å². The van der Waals surface area contributed by atoms with Crippen LogP contribution in [0.3, 0.4) is 0 Å². The molecule has 1 aromatic rings. The van der Waals surface area contributed by atoms with E-state index in [1.807, 2.05) is 6.07 Å². The van der Waals surface area contributed by atoms with E-state index in [0.717, 1.165) is 60.3 Å². The minimum Gasteiger partial charge on any atom is -0.204 e. The van der Waals surface area contributed by atoms with E-state index in [-0.39, 0.29) is 0 Å². The van der Waals surface area contributed by atoms with Crippen molar-refractivity contribution in [3.63, 3.8) is 0 Å². The van der Waals surface area contributed by atoms with Crippen molar-refractivity contribution in [3.05, 3.63) is 47.0 Å². The molecule has 0 heterocycles. The lowest BCUT2D eigenvalue weighted by Gasteiger charge is -2.46. The lowest BCUT2D eigenvalue weighted by molar-refractivity contribution is 0.0533. The number of fused-ring (bicyclic) bond motifs is 2. The van der Waals surface area contributed by atoms with Crippen molar-refractivity contribution in [3.8, 4) is 0 Å². The van der Waals surface area contributed by atoms with Gasteiger partial charge < -0.3 is 0 Å². The molecular formula is C31H44F2. The molecule has 0 radical (unpaired) electrons. The van der Waals surface area contributed by atoms with E-state index in [2.05, 4.69) is 19.1 Å². The van der Waals surface area contributed by atoms with Crippen molar-refractivity contribution in [1.29, 1.82) is 0 Å². The molecule has 0 bridgehead atoms. The Morgan fingerprint density at radius 2 is 1.39 bits per heavy atom. The molecule has 2 heteroatoms. The first kappa shape index (κ1) is 23.6. The molecule has 3 saturated carbocycles. The maximum absolute atomic E-state index is 14.1. The first-order valence-electron chi connectivity index (χ1n) is 14.2. The average Bonchev–Trinajstić information content (AvgIpc) is 2.86. The molecule has 4 aliphatic carbocycles. The fourth-order valence-electron chi connectivity index (χ4n) is 8.51. The summed E-state index contributed by atoms with van der Waals surface area (Å²) >= 11 is 0. The third-order valence-electron chi connectivity index (χ3n) is 10.4. The summed E-state index contributed by atoms with van der Waals surface area (Å²) in [5, 5.41) is 0. The van der Waals surface area contributed by atoms with Gasteiger partial charge >= 0.3 is 0 Å². The molecule has 1 aromatic carbocycles. The number of halogens is 2. The highest BCUT2D eigenvalue weighted by atomic mass is 19.2. The molecule has 5 atom stereocenters. The van der Waals surface area contributed by atoms with Crippen LogP contribution in [-0.2, 0) is 12.8 Å². The number of rotatable bonds is 5. The third-order valence-corrected chi connectivity index (χ3v) is 10.4. The second-order valence-electron chi connectivity index (χ2n) is 12.1. The zero-order chi connectivity index (χ0) is 22.8. The molecule has 182 valence electrons. The Balaban J connectivity index is 1.09. The summed E-state index contributed by atoms with van der Waals surface area (Å²) in [6.07, 6.45) is 24.5. The first-order valence-corrected chi connectivity index (χ1v) is 14.2. The molecule has 5 unspecified atom stereocenters. The fourth-order valence-corrected chi connectivity index (χ4v) is 8.51. The number of hydrogen-bond donors (Lipinski definition) is 0. The number of benzene rings is 1. The van der Waals surface area contributed by atoms with Crippen LogP contribution in [0.2, 0.25) is 0 Å². The highest BCUT2D eigenvalue weighted by Crippen LogP contribution is 2.50. The SMILES string of the molecule is C/C=C/CCC1CCC2CC(C3CCC(C4CCc5c(ccc(F)c5F)C4)CC3)CCC2C1. The zero-order valence-electron chi connectivity index (χ0n) is 20.7. The summed E-state index contributed by atoms with van der Waals surface area (Å²) in [7, 11) is 0. The fraction of sp³-hybridized carbons (Fsp3) is 0.742. The van der Waals surface area contributed by atoms with Crippen molar-refractivity contribution in [2.75, 3.05) is 0 Å². The quantitative estimate of drug-likeness (QED) is 0.389. The van der Waals surface area contributed by atoms with Gasteiger partial charge in [-0.05, 0) is 155 Å². The molecule has 0 aliphatic heterocycles. The van der Waals surface area contributed by atoms with Gasteiger partial charge in [-0.1, -0.05) is 24.6 Å². The molecule has 0 saturated heterocycles. The maximum Gasteiger partial charge on any atom is 0.162 e. The molecular weight excluding hydrogens is 410 g/mol. The Labute approximate surface area is 200 Å². The highest BCUT2D eigenvalue weighted by Gasteiger charge is 2.39. The lowest BCUT2D eigenvalue weighted by Crippen LogP contribution is -2.35. The van der Waals surface area contributed by atoms with Gasteiger partial charge in [-0.25, -0.2) is 8.78 Å².